The predicted molar refractivity (Wildman–Crippen MR) is 112 cm³/mol. The Hall–Kier alpha value is -2.88. The van der Waals surface area contributed by atoms with Crippen LogP contribution in [-0.4, -0.2) is 23.4 Å². The molecule has 1 saturated carbocycles. The monoisotopic (exact) mass is 374 g/mol. The molecule has 0 aromatic heterocycles. The molecule has 4 nitrogen and oxygen atoms in total. The first-order valence-electron chi connectivity index (χ1n) is 10.0. The number of anilines is 1. The number of aryl methyl sites for hydroxylation is 1. The molecule has 2 aromatic carbocycles. The number of carbonyl (C=O) groups is 2. The Morgan fingerprint density at radius 3 is 2.39 bits per heavy atom. The van der Waals surface area contributed by atoms with Gasteiger partial charge < -0.3 is 5.32 Å². The van der Waals surface area contributed by atoms with E-state index < -0.39 is 5.54 Å². The second kappa shape index (κ2) is 7.63. The zero-order valence-corrected chi connectivity index (χ0v) is 16.2. The van der Waals surface area contributed by atoms with Crippen molar-refractivity contribution in [2.75, 3.05) is 4.90 Å². The lowest BCUT2D eigenvalue weighted by Crippen LogP contribution is -2.70. The minimum Gasteiger partial charge on any atom is -0.351 e. The van der Waals surface area contributed by atoms with Crippen molar-refractivity contribution in [1.82, 2.24) is 5.32 Å². The van der Waals surface area contributed by atoms with Crippen LogP contribution in [-0.2, 0) is 9.59 Å². The van der Waals surface area contributed by atoms with E-state index in [0.29, 0.717) is 0 Å². The molecule has 28 heavy (non-hydrogen) atoms. The molecule has 1 heterocycles. The molecule has 0 unspecified atom stereocenters. The number of β-lactam (4-membered cyclic amide) rings is 1. The number of nitrogens with one attached hydrogen (secondary N) is 1. The second-order valence-corrected chi connectivity index (χ2v) is 7.86. The standard InChI is InChI=1S/C24H26N2O2/c1-18-11-13-21(14-12-18)26-22(27)17-24(26,16-15-19-7-3-2-4-8-19)23(28)25-20-9-5-6-10-20/h2-4,7-8,11-16,20H,5-6,9-10,17H2,1H3,(H,25,28)/b16-15+/t24-/m1/s1. The highest BCUT2D eigenvalue weighted by atomic mass is 16.2. The van der Waals surface area contributed by atoms with Gasteiger partial charge in [-0.2, -0.15) is 0 Å². The van der Waals surface area contributed by atoms with Gasteiger partial charge in [-0.05, 0) is 43.5 Å². The predicted octanol–water partition coefficient (Wildman–Crippen LogP) is 4.24. The lowest BCUT2D eigenvalue weighted by atomic mass is 9.80. The summed E-state index contributed by atoms with van der Waals surface area (Å²) in [6, 6.07) is 17.9. The molecule has 1 atom stereocenters. The second-order valence-electron chi connectivity index (χ2n) is 7.86. The van der Waals surface area contributed by atoms with Gasteiger partial charge in [-0.25, -0.2) is 0 Å². The van der Waals surface area contributed by atoms with Gasteiger partial charge in [-0.1, -0.05) is 66.9 Å². The van der Waals surface area contributed by atoms with Crippen LogP contribution in [0.4, 0.5) is 5.69 Å². The number of nitrogens with zero attached hydrogens (tertiary/aromatic N) is 1. The van der Waals surface area contributed by atoms with Crippen LogP contribution in [0.25, 0.3) is 6.08 Å². The Morgan fingerprint density at radius 1 is 1.07 bits per heavy atom. The van der Waals surface area contributed by atoms with Crippen molar-refractivity contribution in [3.63, 3.8) is 0 Å². The van der Waals surface area contributed by atoms with Gasteiger partial charge >= 0.3 is 0 Å². The van der Waals surface area contributed by atoms with E-state index in [1.165, 1.54) is 0 Å². The van der Waals surface area contributed by atoms with Crippen LogP contribution in [0.3, 0.4) is 0 Å². The number of benzene rings is 2. The zero-order chi connectivity index (χ0) is 19.6. The summed E-state index contributed by atoms with van der Waals surface area (Å²) < 4.78 is 0. The van der Waals surface area contributed by atoms with Crippen LogP contribution in [0.2, 0.25) is 0 Å². The number of hydrogen-bond donors (Lipinski definition) is 1. The van der Waals surface area contributed by atoms with Crippen molar-refractivity contribution in [3.8, 4) is 0 Å². The lowest BCUT2D eigenvalue weighted by molar-refractivity contribution is -0.137. The van der Waals surface area contributed by atoms with E-state index in [1.54, 1.807) is 4.90 Å². The topological polar surface area (TPSA) is 49.4 Å². The Kier molecular flexibility index (Phi) is 5.03. The summed E-state index contributed by atoms with van der Waals surface area (Å²) in [4.78, 5) is 27.6. The summed E-state index contributed by atoms with van der Waals surface area (Å²) in [6.07, 6.45) is 8.38. The first-order valence-corrected chi connectivity index (χ1v) is 10.0. The molecule has 2 aliphatic rings. The highest BCUT2D eigenvalue weighted by molar-refractivity contribution is 6.15. The van der Waals surface area contributed by atoms with E-state index in [0.717, 1.165) is 42.5 Å². The van der Waals surface area contributed by atoms with Crippen molar-refractivity contribution in [1.29, 1.82) is 0 Å². The summed E-state index contributed by atoms with van der Waals surface area (Å²) in [5, 5.41) is 3.21. The number of amides is 2. The number of rotatable bonds is 5. The average Bonchev–Trinajstić information content (AvgIpc) is 3.20. The maximum Gasteiger partial charge on any atom is 0.251 e. The van der Waals surface area contributed by atoms with E-state index in [4.69, 9.17) is 0 Å². The first-order chi connectivity index (χ1) is 13.6. The lowest BCUT2D eigenvalue weighted by Gasteiger charge is -2.49. The van der Waals surface area contributed by atoms with E-state index in [9.17, 15) is 9.59 Å². The van der Waals surface area contributed by atoms with Crippen molar-refractivity contribution < 1.29 is 9.59 Å². The van der Waals surface area contributed by atoms with Crippen LogP contribution in [0.1, 0.15) is 43.2 Å². The average molecular weight is 374 g/mol. The van der Waals surface area contributed by atoms with Crippen LogP contribution in [0.15, 0.2) is 60.7 Å². The van der Waals surface area contributed by atoms with Gasteiger partial charge in [0.05, 0.1) is 6.42 Å². The van der Waals surface area contributed by atoms with Crippen LogP contribution >= 0.6 is 0 Å². The maximum absolute atomic E-state index is 13.4. The summed E-state index contributed by atoms with van der Waals surface area (Å²) in [5.74, 6) is -0.102. The molecule has 1 aliphatic heterocycles. The fourth-order valence-corrected chi connectivity index (χ4v) is 4.16. The third kappa shape index (κ3) is 3.47. The zero-order valence-electron chi connectivity index (χ0n) is 16.2. The molecule has 1 aliphatic carbocycles. The van der Waals surface area contributed by atoms with Gasteiger partial charge in [0.25, 0.3) is 5.91 Å². The van der Waals surface area contributed by atoms with Crippen molar-refractivity contribution >= 4 is 23.6 Å². The van der Waals surface area contributed by atoms with E-state index >= 15 is 0 Å². The quantitative estimate of drug-likeness (QED) is 0.796. The van der Waals surface area contributed by atoms with E-state index in [2.05, 4.69) is 5.32 Å². The van der Waals surface area contributed by atoms with Gasteiger partial charge in [-0.3, -0.25) is 14.5 Å². The fraction of sp³-hybridized carbons (Fsp3) is 0.333. The fourth-order valence-electron chi connectivity index (χ4n) is 4.16. The van der Waals surface area contributed by atoms with Gasteiger partial charge in [0.15, 0.2) is 5.54 Å². The Bertz CT molecular complexity index is 883. The molecular weight excluding hydrogens is 348 g/mol. The Balaban J connectivity index is 1.68. The molecule has 2 fully saturated rings. The maximum atomic E-state index is 13.4. The summed E-state index contributed by atoms with van der Waals surface area (Å²) in [7, 11) is 0. The highest BCUT2D eigenvalue weighted by Crippen LogP contribution is 2.39. The molecule has 4 heteroatoms. The van der Waals surface area contributed by atoms with Crippen LogP contribution in [0.5, 0.6) is 0 Å². The van der Waals surface area contributed by atoms with Crippen molar-refractivity contribution in [3.05, 3.63) is 71.8 Å². The van der Waals surface area contributed by atoms with Crippen LogP contribution in [0, 0.1) is 6.92 Å². The third-order valence-electron chi connectivity index (χ3n) is 5.80. The van der Waals surface area contributed by atoms with Gasteiger partial charge in [-0.15, -0.1) is 0 Å². The van der Waals surface area contributed by atoms with Crippen LogP contribution < -0.4 is 10.2 Å². The minimum absolute atomic E-state index is 0.0249. The molecule has 4 rings (SSSR count). The smallest absolute Gasteiger partial charge is 0.251 e. The van der Waals surface area contributed by atoms with Gasteiger partial charge in [0.1, 0.15) is 0 Å². The molecule has 2 aromatic rings. The molecule has 0 bridgehead atoms. The highest BCUT2D eigenvalue weighted by Gasteiger charge is 2.55. The molecule has 144 valence electrons. The first kappa shape index (κ1) is 18.5. The molecule has 0 radical (unpaired) electrons. The van der Waals surface area contributed by atoms with E-state index in [1.807, 2.05) is 73.7 Å². The summed E-state index contributed by atoms with van der Waals surface area (Å²) >= 11 is 0. The van der Waals surface area contributed by atoms with Crippen molar-refractivity contribution in [2.45, 2.75) is 50.6 Å². The summed E-state index contributed by atoms with van der Waals surface area (Å²) in [6.45, 7) is 2.01. The molecule has 0 spiro atoms. The Morgan fingerprint density at radius 2 is 1.75 bits per heavy atom. The number of hydrogen-bond acceptors (Lipinski definition) is 2. The molecule has 1 N–H and O–H groups in total. The molecule has 2 amide bonds. The van der Waals surface area contributed by atoms with E-state index in [-0.39, 0.29) is 24.3 Å². The SMILES string of the molecule is Cc1ccc(N2C(=O)C[C@]2(/C=C/c2ccccc2)C(=O)NC2CCCC2)cc1. The normalized spacial score (nSPS) is 22.5. The molecule has 1 saturated heterocycles. The number of carbonyl (C=O) groups excluding carboxylic acids is 2. The van der Waals surface area contributed by atoms with Crippen molar-refractivity contribution in [2.24, 2.45) is 0 Å². The summed E-state index contributed by atoms with van der Waals surface area (Å²) in [5.41, 5.74) is 1.93. The molecular formula is C24H26N2O2. The minimum atomic E-state index is -0.967. The van der Waals surface area contributed by atoms with Gasteiger partial charge in [0, 0.05) is 11.7 Å². The Labute approximate surface area is 166 Å². The van der Waals surface area contributed by atoms with Gasteiger partial charge in [0.2, 0.25) is 5.91 Å². The third-order valence-corrected chi connectivity index (χ3v) is 5.80. The largest absolute Gasteiger partial charge is 0.351 e.